The number of nitrogens with zero attached hydrogens (tertiary/aromatic N) is 4. The quantitative estimate of drug-likeness (QED) is 0.742. The van der Waals surface area contributed by atoms with Gasteiger partial charge in [-0.25, -0.2) is 4.98 Å². The van der Waals surface area contributed by atoms with Crippen molar-refractivity contribution >= 4 is 39.7 Å². The maximum Gasteiger partial charge on any atom is 0.233 e. The second-order valence-corrected chi connectivity index (χ2v) is 7.28. The fourth-order valence-corrected chi connectivity index (χ4v) is 3.89. The Balaban J connectivity index is 1.48. The van der Waals surface area contributed by atoms with Crippen LogP contribution in [0.4, 0.5) is 0 Å². The third kappa shape index (κ3) is 2.96. The first-order valence-electron chi connectivity index (χ1n) is 8.22. The number of carbonyl (C=O) groups excluding carboxylic acids is 1. The predicted octanol–water partition coefficient (Wildman–Crippen LogP) is 2.86. The molecule has 0 saturated carbocycles. The molecule has 0 bridgehead atoms. The van der Waals surface area contributed by atoms with E-state index in [-0.39, 0.29) is 5.91 Å². The van der Waals surface area contributed by atoms with Gasteiger partial charge in [-0.05, 0) is 24.8 Å². The van der Waals surface area contributed by atoms with Gasteiger partial charge < -0.3 is 9.88 Å². The SMILES string of the molecule is C[C@@H]1CCCN(C(=O)CSc2nnc3c(n2)[nH]c2ccccc23)C1. The van der Waals surface area contributed by atoms with Crippen molar-refractivity contribution in [2.45, 2.75) is 24.9 Å². The van der Waals surface area contributed by atoms with Gasteiger partial charge in [0.25, 0.3) is 0 Å². The van der Waals surface area contributed by atoms with Gasteiger partial charge in [-0.3, -0.25) is 4.79 Å². The van der Waals surface area contributed by atoms with Crippen LogP contribution in [-0.2, 0) is 4.79 Å². The van der Waals surface area contributed by atoms with Crippen molar-refractivity contribution < 1.29 is 4.79 Å². The van der Waals surface area contributed by atoms with Crippen molar-refractivity contribution in [3.63, 3.8) is 0 Å². The number of aromatic amines is 1. The molecule has 1 aliphatic rings. The number of hydrogen-bond donors (Lipinski definition) is 1. The number of hydrogen-bond acceptors (Lipinski definition) is 5. The van der Waals surface area contributed by atoms with E-state index in [1.54, 1.807) is 0 Å². The van der Waals surface area contributed by atoms with E-state index in [9.17, 15) is 4.79 Å². The molecule has 2 aromatic heterocycles. The molecule has 1 fully saturated rings. The maximum atomic E-state index is 12.3. The van der Waals surface area contributed by atoms with Crippen molar-refractivity contribution in [1.82, 2.24) is 25.1 Å². The number of rotatable bonds is 3. The van der Waals surface area contributed by atoms with Crippen LogP contribution in [-0.4, -0.2) is 49.8 Å². The monoisotopic (exact) mass is 341 g/mol. The Morgan fingerprint density at radius 1 is 1.38 bits per heavy atom. The van der Waals surface area contributed by atoms with Crippen LogP contribution in [0.3, 0.4) is 0 Å². The maximum absolute atomic E-state index is 12.3. The Morgan fingerprint density at radius 2 is 2.25 bits per heavy atom. The summed E-state index contributed by atoms with van der Waals surface area (Å²) in [5.74, 6) is 1.11. The third-order valence-corrected chi connectivity index (χ3v) is 5.26. The van der Waals surface area contributed by atoms with Crippen LogP contribution >= 0.6 is 11.8 Å². The van der Waals surface area contributed by atoms with E-state index in [4.69, 9.17) is 0 Å². The highest BCUT2D eigenvalue weighted by Gasteiger charge is 2.21. The van der Waals surface area contributed by atoms with Gasteiger partial charge in [-0.2, -0.15) is 0 Å². The van der Waals surface area contributed by atoms with Crippen molar-refractivity contribution in [2.75, 3.05) is 18.8 Å². The number of piperidine rings is 1. The zero-order chi connectivity index (χ0) is 16.5. The molecule has 1 N–H and O–H groups in total. The van der Waals surface area contributed by atoms with Crippen molar-refractivity contribution in [3.8, 4) is 0 Å². The van der Waals surface area contributed by atoms with Gasteiger partial charge in [0.05, 0.1) is 5.75 Å². The van der Waals surface area contributed by atoms with Crippen LogP contribution in [0.2, 0.25) is 0 Å². The lowest BCUT2D eigenvalue weighted by molar-refractivity contribution is -0.130. The van der Waals surface area contributed by atoms with Crippen molar-refractivity contribution in [3.05, 3.63) is 24.3 Å². The first-order valence-corrected chi connectivity index (χ1v) is 9.21. The molecule has 1 saturated heterocycles. The van der Waals surface area contributed by atoms with Crippen LogP contribution in [0, 0.1) is 5.92 Å². The van der Waals surface area contributed by atoms with E-state index in [1.165, 1.54) is 18.2 Å². The predicted molar refractivity (Wildman–Crippen MR) is 94.9 cm³/mol. The summed E-state index contributed by atoms with van der Waals surface area (Å²) in [6.07, 6.45) is 2.30. The number of nitrogens with one attached hydrogen (secondary N) is 1. The molecule has 7 heteroatoms. The molecular formula is C17H19N5OS. The van der Waals surface area contributed by atoms with E-state index < -0.39 is 0 Å². The largest absolute Gasteiger partial charge is 0.342 e. The lowest BCUT2D eigenvalue weighted by atomic mass is 10.0. The summed E-state index contributed by atoms with van der Waals surface area (Å²) in [4.78, 5) is 22.1. The minimum absolute atomic E-state index is 0.159. The number of likely N-dealkylation sites (tertiary alicyclic amines) is 1. The molecule has 3 heterocycles. The van der Waals surface area contributed by atoms with Crippen LogP contribution in [0.25, 0.3) is 22.1 Å². The normalized spacial score (nSPS) is 18.4. The second kappa shape index (κ2) is 6.39. The molecule has 3 aromatic rings. The van der Waals surface area contributed by atoms with E-state index in [1.807, 2.05) is 29.2 Å². The highest BCUT2D eigenvalue weighted by Crippen LogP contribution is 2.23. The Bertz CT molecular complexity index is 893. The number of thioether (sulfide) groups is 1. The highest BCUT2D eigenvalue weighted by molar-refractivity contribution is 7.99. The molecule has 0 radical (unpaired) electrons. The highest BCUT2D eigenvalue weighted by atomic mass is 32.2. The summed E-state index contributed by atoms with van der Waals surface area (Å²) in [6, 6.07) is 7.93. The average molecular weight is 341 g/mol. The molecular weight excluding hydrogens is 322 g/mol. The van der Waals surface area contributed by atoms with Crippen LogP contribution in [0.5, 0.6) is 0 Å². The van der Waals surface area contributed by atoms with Crippen molar-refractivity contribution in [2.24, 2.45) is 5.92 Å². The van der Waals surface area contributed by atoms with Gasteiger partial charge in [0, 0.05) is 24.0 Å². The van der Waals surface area contributed by atoms with E-state index >= 15 is 0 Å². The van der Waals surface area contributed by atoms with E-state index in [0.29, 0.717) is 22.5 Å². The molecule has 124 valence electrons. The molecule has 0 spiro atoms. The minimum Gasteiger partial charge on any atom is -0.342 e. The Kier molecular flexibility index (Phi) is 4.10. The topological polar surface area (TPSA) is 74.8 Å². The molecule has 6 nitrogen and oxygen atoms in total. The van der Waals surface area contributed by atoms with Crippen LogP contribution in [0.15, 0.2) is 29.4 Å². The zero-order valence-electron chi connectivity index (χ0n) is 13.5. The molecule has 1 atom stereocenters. The number of para-hydroxylation sites is 1. The Hall–Kier alpha value is -2.15. The summed E-state index contributed by atoms with van der Waals surface area (Å²) in [6.45, 7) is 3.92. The summed E-state index contributed by atoms with van der Waals surface area (Å²) in [5.41, 5.74) is 2.48. The van der Waals surface area contributed by atoms with Gasteiger partial charge >= 0.3 is 0 Å². The molecule has 4 rings (SSSR count). The fraction of sp³-hybridized carbons (Fsp3) is 0.412. The molecule has 0 unspecified atom stereocenters. The lowest BCUT2D eigenvalue weighted by Gasteiger charge is -2.30. The summed E-state index contributed by atoms with van der Waals surface area (Å²) in [7, 11) is 0. The summed E-state index contributed by atoms with van der Waals surface area (Å²) in [5, 5.41) is 10.0. The van der Waals surface area contributed by atoms with Crippen molar-refractivity contribution in [1.29, 1.82) is 0 Å². The lowest BCUT2D eigenvalue weighted by Crippen LogP contribution is -2.40. The Morgan fingerprint density at radius 3 is 3.12 bits per heavy atom. The summed E-state index contributed by atoms with van der Waals surface area (Å²) >= 11 is 1.35. The average Bonchev–Trinajstić information content (AvgIpc) is 2.97. The number of benzene rings is 1. The van der Waals surface area contributed by atoms with Crippen LogP contribution < -0.4 is 0 Å². The zero-order valence-corrected chi connectivity index (χ0v) is 14.3. The fourth-order valence-electron chi connectivity index (χ4n) is 3.20. The van der Waals surface area contributed by atoms with Gasteiger partial charge in [0.1, 0.15) is 5.52 Å². The minimum atomic E-state index is 0.159. The molecule has 1 aliphatic heterocycles. The smallest absolute Gasteiger partial charge is 0.233 e. The Labute approximate surface area is 144 Å². The van der Waals surface area contributed by atoms with Gasteiger partial charge in [0.15, 0.2) is 5.65 Å². The standard InChI is InChI=1S/C17H19N5OS/c1-11-5-4-8-22(9-11)14(23)10-24-17-19-16-15(20-21-17)12-6-2-3-7-13(12)18-16/h2-3,6-7,11H,4-5,8-10H2,1H3,(H,18,19,21)/t11-/m1/s1. The number of amides is 1. The second-order valence-electron chi connectivity index (χ2n) is 6.34. The van der Waals surface area contributed by atoms with Gasteiger partial charge in [0.2, 0.25) is 11.1 Å². The molecule has 1 aromatic carbocycles. The number of H-pyrrole nitrogens is 1. The van der Waals surface area contributed by atoms with Gasteiger partial charge in [-0.15, -0.1) is 10.2 Å². The number of aromatic nitrogens is 4. The van der Waals surface area contributed by atoms with Crippen LogP contribution in [0.1, 0.15) is 19.8 Å². The summed E-state index contributed by atoms with van der Waals surface area (Å²) < 4.78 is 0. The molecule has 24 heavy (non-hydrogen) atoms. The van der Waals surface area contributed by atoms with E-state index in [0.717, 1.165) is 35.9 Å². The third-order valence-electron chi connectivity index (χ3n) is 4.44. The van der Waals surface area contributed by atoms with E-state index in [2.05, 4.69) is 27.1 Å². The first-order chi connectivity index (χ1) is 11.7. The first kappa shape index (κ1) is 15.4. The molecule has 1 amide bonds. The molecule has 0 aliphatic carbocycles. The van der Waals surface area contributed by atoms with Gasteiger partial charge in [-0.1, -0.05) is 36.9 Å². The number of carbonyl (C=O) groups is 1. The number of fused-ring (bicyclic) bond motifs is 3.